The van der Waals surface area contributed by atoms with Crippen molar-refractivity contribution in [2.45, 2.75) is 52.6 Å². The van der Waals surface area contributed by atoms with Gasteiger partial charge in [-0.15, -0.1) is 0 Å². The summed E-state index contributed by atoms with van der Waals surface area (Å²) in [7, 11) is 0. The average molecular weight is 263 g/mol. The van der Waals surface area contributed by atoms with E-state index in [1.54, 1.807) is 12.1 Å². The normalized spacial score (nSPS) is 13.3. The van der Waals surface area contributed by atoms with Crippen molar-refractivity contribution in [1.29, 1.82) is 0 Å². The maximum absolute atomic E-state index is 9.29. The lowest BCUT2D eigenvalue weighted by atomic mass is 10.1. The van der Waals surface area contributed by atoms with Crippen molar-refractivity contribution in [3.8, 4) is 5.75 Å². The number of nitrogens with one attached hydrogen (secondary N) is 2. The molecule has 0 saturated heterocycles. The lowest BCUT2D eigenvalue weighted by Crippen LogP contribution is -2.45. The van der Waals surface area contributed by atoms with Crippen LogP contribution in [-0.2, 0) is 0 Å². The number of hydrogen-bond donors (Lipinski definition) is 3. The molecule has 0 bridgehead atoms. The number of guanidine groups is 1. The third-order valence-corrected chi connectivity index (χ3v) is 2.07. The van der Waals surface area contributed by atoms with Crippen LogP contribution in [0.4, 0.5) is 5.69 Å². The molecule has 0 aliphatic rings. The van der Waals surface area contributed by atoms with Crippen molar-refractivity contribution in [3.05, 3.63) is 24.3 Å². The minimum absolute atomic E-state index is 0.0754. The first-order chi connectivity index (χ1) is 8.55. The Bertz CT molecular complexity index is 436. The SMILES string of the molecule is CC(C)(C)N=C(Nc1ccc(O)cc1)NC(C)(C)C. The van der Waals surface area contributed by atoms with E-state index in [0.29, 0.717) is 0 Å². The van der Waals surface area contributed by atoms with E-state index in [0.717, 1.165) is 11.6 Å². The second kappa shape index (κ2) is 5.51. The highest BCUT2D eigenvalue weighted by Gasteiger charge is 2.16. The molecule has 0 heterocycles. The Hall–Kier alpha value is -1.71. The zero-order valence-electron chi connectivity index (χ0n) is 12.7. The van der Waals surface area contributed by atoms with Crippen molar-refractivity contribution < 1.29 is 5.11 Å². The molecular weight excluding hydrogens is 238 g/mol. The fourth-order valence-electron chi connectivity index (χ4n) is 1.46. The van der Waals surface area contributed by atoms with Crippen LogP contribution < -0.4 is 10.6 Å². The van der Waals surface area contributed by atoms with Crippen LogP contribution in [-0.4, -0.2) is 22.1 Å². The van der Waals surface area contributed by atoms with Crippen molar-refractivity contribution >= 4 is 11.6 Å². The third kappa shape index (κ3) is 6.70. The van der Waals surface area contributed by atoms with Crippen molar-refractivity contribution in [3.63, 3.8) is 0 Å². The first-order valence-electron chi connectivity index (χ1n) is 6.49. The van der Waals surface area contributed by atoms with E-state index in [2.05, 4.69) is 57.2 Å². The first-order valence-corrected chi connectivity index (χ1v) is 6.49. The molecule has 1 aromatic rings. The molecule has 0 radical (unpaired) electrons. The number of phenolic OH excluding ortho intramolecular Hbond substituents is 1. The number of aromatic hydroxyl groups is 1. The van der Waals surface area contributed by atoms with Gasteiger partial charge in [-0.05, 0) is 65.8 Å². The van der Waals surface area contributed by atoms with E-state index < -0.39 is 0 Å². The highest BCUT2D eigenvalue weighted by atomic mass is 16.3. The van der Waals surface area contributed by atoms with Crippen LogP contribution in [0.5, 0.6) is 5.75 Å². The number of benzene rings is 1. The Morgan fingerprint density at radius 3 is 1.95 bits per heavy atom. The van der Waals surface area contributed by atoms with Crippen LogP contribution in [0.15, 0.2) is 29.3 Å². The van der Waals surface area contributed by atoms with Gasteiger partial charge in [-0.25, -0.2) is 4.99 Å². The highest BCUT2D eigenvalue weighted by molar-refractivity contribution is 5.94. The largest absolute Gasteiger partial charge is 0.508 e. The summed E-state index contributed by atoms with van der Waals surface area (Å²) in [5.41, 5.74) is 0.642. The molecule has 0 aliphatic carbocycles. The molecule has 0 spiro atoms. The van der Waals surface area contributed by atoms with Crippen LogP contribution in [0.1, 0.15) is 41.5 Å². The second-order valence-electron chi connectivity index (χ2n) is 6.68. The van der Waals surface area contributed by atoms with Gasteiger partial charge in [0.05, 0.1) is 5.54 Å². The minimum atomic E-state index is -0.169. The molecule has 4 nitrogen and oxygen atoms in total. The smallest absolute Gasteiger partial charge is 0.196 e. The summed E-state index contributed by atoms with van der Waals surface area (Å²) >= 11 is 0. The van der Waals surface area contributed by atoms with Crippen LogP contribution in [0.3, 0.4) is 0 Å². The molecule has 19 heavy (non-hydrogen) atoms. The van der Waals surface area contributed by atoms with Crippen LogP contribution in [0.25, 0.3) is 0 Å². The van der Waals surface area contributed by atoms with Gasteiger partial charge in [-0.2, -0.15) is 0 Å². The average Bonchev–Trinajstić information content (AvgIpc) is 2.16. The molecule has 0 saturated carbocycles. The molecule has 3 N–H and O–H groups in total. The molecule has 0 aromatic heterocycles. The van der Waals surface area contributed by atoms with Crippen LogP contribution >= 0.6 is 0 Å². The molecule has 1 rings (SSSR count). The summed E-state index contributed by atoms with van der Waals surface area (Å²) in [6.07, 6.45) is 0. The van der Waals surface area contributed by atoms with Crippen molar-refractivity contribution in [2.24, 2.45) is 4.99 Å². The van der Waals surface area contributed by atoms with Crippen molar-refractivity contribution in [1.82, 2.24) is 5.32 Å². The van der Waals surface area contributed by atoms with E-state index in [-0.39, 0.29) is 16.8 Å². The van der Waals surface area contributed by atoms with Crippen molar-refractivity contribution in [2.75, 3.05) is 5.32 Å². The second-order valence-corrected chi connectivity index (χ2v) is 6.68. The van der Waals surface area contributed by atoms with Crippen LogP contribution in [0.2, 0.25) is 0 Å². The zero-order chi connectivity index (χ0) is 14.7. The Labute approximate surface area is 116 Å². The van der Waals surface area contributed by atoms with Gasteiger partial charge < -0.3 is 15.7 Å². The molecule has 0 unspecified atom stereocenters. The van der Waals surface area contributed by atoms with Gasteiger partial charge in [0.25, 0.3) is 0 Å². The predicted octanol–water partition coefficient (Wildman–Crippen LogP) is 3.35. The monoisotopic (exact) mass is 263 g/mol. The first kappa shape index (κ1) is 15.3. The molecule has 4 heteroatoms. The predicted molar refractivity (Wildman–Crippen MR) is 81.8 cm³/mol. The quantitative estimate of drug-likeness (QED) is 0.414. The van der Waals surface area contributed by atoms with E-state index >= 15 is 0 Å². The minimum Gasteiger partial charge on any atom is -0.508 e. The molecule has 106 valence electrons. The van der Waals surface area contributed by atoms with Gasteiger partial charge in [-0.1, -0.05) is 0 Å². The Morgan fingerprint density at radius 2 is 1.53 bits per heavy atom. The molecule has 0 atom stereocenters. The van der Waals surface area contributed by atoms with Gasteiger partial charge in [0.2, 0.25) is 0 Å². The molecular formula is C15H25N3O. The summed E-state index contributed by atoms with van der Waals surface area (Å²) < 4.78 is 0. The van der Waals surface area contributed by atoms with Gasteiger partial charge in [0.1, 0.15) is 5.75 Å². The summed E-state index contributed by atoms with van der Waals surface area (Å²) in [6, 6.07) is 6.93. The fourth-order valence-corrected chi connectivity index (χ4v) is 1.46. The number of hydrogen-bond acceptors (Lipinski definition) is 2. The topological polar surface area (TPSA) is 56.7 Å². The van der Waals surface area contributed by atoms with Crippen LogP contribution in [0, 0.1) is 0 Å². The summed E-state index contributed by atoms with van der Waals surface area (Å²) in [5, 5.41) is 15.9. The molecule has 0 amide bonds. The Balaban J connectivity index is 2.92. The third-order valence-electron chi connectivity index (χ3n) is 2.07. The molecule has 0 fully saturated rings. The highest BCUT2D eigenvalue weighted by Crippen LogP contribution is 2.15. The van der Waals surface area contributed by atoms with E-state index in [4.69, 9.17) is 0 Å². The summed E-state index contributed by atoms with van der Waals surface area (Å²) in [4.78, 5) is 4.64. The fraction of sp³-hybridized carbons (Fsp3) is 0.533. The van der Waals surface area contributed by atoms with E-state index in [1.165, 1.54) is 0 Å². The number of anilines is 1. The maximum Gasteiger partial charge on any atom is 0.196 e. The van der Waals surface area contributed by atoms with E-state index in [1.807, 2.05) is 12.1 Å². The number of nitrogens with zero attached hydrogens (tertiary/aromatic N) is 1. The van der Waals surface area contributed by atoms with Gasteiger partial charge in [0.15, 0.2) is 5.96 Å². The standard InChI is InChI=1S/C15H25N3O/c1-14(2,3)17-13(18-15(4,5)6)16-11-7-9-12(19)10-8-11/h7-10,19H,1-6H3,(H2,16,17,18). The van der Waals surface area contributed by atoms with Gasteiger partial charge in [0, 0.05) is 11.2 Å². The van der Waals surface area contributed by atoms with Gasteiger partial charge >= 0.3 is 0 Å². The van der Waals surface area contributed by atoms with Gasteiger partial charge in [-0.3, -0.25) is 0 Å². The molecule has 0 aliphatic heterocycles. The van der Waals surface area contributed by atoms with E-state index in [9.17, 15) is 5.11 Å². The lowest BCUT2D eigenvalue weighted by Gasteiger charge is -2.26. The summed E-state index contributed by atoms with van der Waals surface area (Å²) in [6.45, 7) is 12.4. The summed E-state index contributed by atoms with van der Waals surface area (Å²) in [5.74, 6) is 0.981. The Morgan fingerprint density at radius 1 is 1.00 bits per heavy atom. The molecule has 1 aromatic carbocycles. The lowest BCUT2D eigenvalue weighted by molar-refractivity contribution is 0.475. The number of phenols is 1. The Kier molecular flexibility index (Phi) is 4.45. The zero-order valence-corrected chi connectivity index (χ0v) is 12.7. The number of rotatable bonds is 1. The maximum atomic E-state index is 9.29. The number of aliphatic imine (C=N–C) groups is 1.